The van der Waals surface area contributed by atoms with Crippen LogP contribution < -0.4 is 10.9 Å². The monoisotopic (exact) mass is 408 g/mol. The van der Waals surface area contributed by atoms with E-state index in [9.17, 15) is 12.8 Å². The summed E-state index contributed by atoms with van der Waals surface area (Å²) in [6.45, 7) is 1.93. The maximum atomic E-state index is 14.1. The molecule has 0 aliphatic heterocycles. The van der Waals surface area contributed by atoms with Crippen molar-refractivity contribution < 1.29 is 12.8 Å². The molecule has 0 spiro atoms. The predicted octanol–water partition coefficient (Wildman–Crippen LogP) is 3.12. The Labute approximate surface area is 161 Å². The maximum Gasteiger partial charge on any atom is 0.239 e. The highest BCUT2D eigenvalue weighted by atomic mass is 35.5. The molecule has 142 valence electrons. The lowest BCUT2D eigenvalue weighted by Gasteiger charge is -2.08. The Morgan fingerprint density at radius 2 is 2.07 bits per heavy atom. The first kappa shape index (κ1) is 19.5. The largest absolute Gasteiger partial charge is 0.337 e. The van der Waals surface area contributed by atoms with Crippen LogP contribution >= 0.6 is 11.6 Å². The molecule has 2 aromatic heterocycles. The number of nitrogens with zero attached hydrogens (tertiary/aromatic N) is 2. The fourth-order valence-electron chi connectivity index (χ4n) is 3.08. The molecule has 0 saturated heterocycles. The minimum absolute atomic E-state index is 0.00344. The van der Waals surface area contributed by atoms with Crippen molar-refractivity contribution >= 4 is 32.5 Å². The summed E-state index contributed by atoms with van der Waals surface area (Å²) >= 11 is 6.16. The van der Waals surface area contributed by atoms with Crippen molar-refractivity contribution in [2.45, 2.75) is 18.4 Å². The van der Waals surface area contributed by atoms with Gasteiger partial charge in [-0.3, -0.25) is 4.98 Å². The van der Waals surface area contributed by atoms with E-state index in [1.807, 2.05) is 6.92 Å². The van der Waals surface area contributed by atoms with Crippen LogP contribution in [0.15, 0.2) is 53.5 Å². The molecule has 3 rings (SSSR count). The van der Waals surface area contributed by atoms with Crippen molar-refractivity contribution in [1.29, 1.82) is 0 Å². The third-order valence-corrected chi connectivity index (χ3v) is 5.38. The van der Waals surface area contributed by atoms with Gasteiger partial charge < -0.3 is 10.3 Å². The van der Waals surface area contributed by atoms with Crippen molar-refractivity contribution in [2.24, 2.45) is 10.9 Å². The molecule has 0 unspecified atom stereocenters. The first-order chi connectivity index (χ1) is 12.7. The average Bonchev–Trinajstić information content (AvgIpc) is 2.86. The number of rotatable bonds is 5. The molecule has 6 nitrogen and oxygen atoms in total. The molecule has 1 aromatic carbocycles. The highest BCUT2D eigenvalue weighted by Crippen LogP contribution is 2.36. The second-order valence-electron chi connectivity index (χ2n) is 6.05. The molecule has 0 bridgehead atoms. The maximum absolute atomic E-state index is 14.1. The van der Waals surface area contributed by atoms with Gasteiger partial charge in [-0.2, -0.15) is 0 Å². The van der Waals surface area contributed by atoms with E-state index in [2.05, 4.69) is 4.98 Å². The number of benzene rings is 1. The van der Waals surface area contributed by atoms with Gasteiger partial charge in [0.2, 0.25) is 10.0 Å². The predicted molar refractivity (Wildman–Crippen MR) is 105 cm³/mol. The minimum Gasteiger partial charge on any atom is -0.337 e. The number of fused-ring (bicyclic) bond motifs is 1. The number of aromatic nitrogens is 2. The number of allylic oxidation sites excluding steroid dienone is 1. The number of primary sulfonamides is 1. The van der Waals surface area contributed by atoms with Crippen molar-refractivity contribution in [2.75, 3.05) is 6.54 Å². The van der Waals surface area contributed by atoms with Crippen LogP contribution in [0, 0.1) is 6.92 Å². The Morgan fingerprint density at radius 1 is 1.33 bits per heavy atom. The standard InChI is InChI=1S/C18H18ClFN4O2S/c1-11-18(12-6-15(9-23-8-12)27(22,25)26)16-7-13(19)2-3-17(16)24(11)10-14(20)4-5-21/h2-4,6-9H,5,10,21H2,1H3,(H2,22,25,26)/b14-4-. The van der Waals surface area contributed by atoms with E-state index in [-0.39, 0.29) is 23.8 Å². The second kappa shape index (κ2) is 7.40. The van der Waals surface area contributed by atoms with Gasteiger partial charge in [0.25, 0.3) is 0 Å². The van der Waals surface area contributed by atoms with Crippen molar-refractivity contribution in [3.05, 3.63) is 59.3 Å². The first-order valence-corrected chi connectivity index (χ1v) is 9.96. The van der Waals surface area contributed by atoms with Crippen molar-refractivity contribution in [3.63, 3.8) is 0 Å². The Kier molecular flexibility index (Phi) is 5.34. The molecule has 2 heterocycles. The van der Waals surface area contributed by atoms with Crippen LogP contribution in [-0.4, -0.2) is 24.5 Å². The molecule has 0 aliphatic rings. The highest BCUT2D eigenvalue weighted by Gasteiger charge is 2.19. The Bertz CT molecular complexity index is 1160. The van der Waals surface area contributed by atoms with Crippen LogP contribution in [0.5, 0.6) is 0 Å². The van der Waals surface area contributed by atoms with Crippen molar-refractivity contribution in [1.82, 2.24) is 9.55 Å². The fourth-order valence-corrected chi connectivity index (χ4v) is 3.75. The summed E-state index contributed by atoms with van der Waals surface area (Å²) in [4.78, 5) is 3.89. The van der Waals surface area contributed by atoms with Gasteiger partial charge in [-0.25, -0.2) is 17.9 Å². The molecule has 3 aromatic rings. The van der Waals surface area contributed by atoms with E-state index in [4.69, 9.17) is 22.5 Å². The third-order valence-electron chi connectivity index (χ3n) is 4.26. The molecular weight excluding hydrogens is 391 g/mol. The Balaban J connectivity index is 2.29. The van der Waals surface area contributed by atoms with E-state index in [1.165, 1.54) is 24.5 Å². The minimum atomic E-state index is -3.91. The molecule has 0 aliphatic carbocycles. The second-order valence-corrected chi connectivity index (χ2v) is 8.05. The molecule has 0 fully saturated rings. The summed E-state index contributed by atoms with van der Waals surface area (Å²) in [5.74, 6) is -0.365. The molecule has 0 saturated carbocycles. The number of sulfonamides is 1. The van der Waals surface area contributed by atoms with Gasteiger partial charge in [0.15, 0.2) is 0 Å². The lowest BCUT2D eigenvalue weighted by molar-refractivity contribution is 0.555. The van der Waals surface area contributed by atoms with Gasteiger partial charge in [-0.15, -0.1) is 0 Å². The topological polar surface area (TPSA) is 104 Å². The van der Waals surface area contributed by atoms with Gasteiger partial charge in [-0.1, -0.05) is 11.6 Å². The van der Waals surface area contributed by atoms with Crippen LogP contribution in [0.25, 0.3) is 22.0 Å². The zero-order chi connectivity index (χ0) is 19.8. The Morgan fingerprint density at radius 3 is 2.74 bits per heavy atom. The number of pyridine rings is 1. The molecule has 0 atom stereocenters. The lowest BCUT2D eigenvalue weighted by Crippen LogP contribution is -2.12. The van der Waals surface area contributed by atoms with Gasteiger partial charge in [0, 0.05) is 51.7 Å². The quantitative estimate of drug-likeness (QED) is 0.676. The SMILES string of the molecule is Cc1c(-c2cncc(S(N)(=O)=O)c2)c2cc(Cl)ccc2n1C/C(F)=C/CN. The third kappa shape index (κ3) is 3.89. The Hall–Kier alpha value is -2.26. The van der Waals surface area contributed by atoms with E-state index in [0.29, 0.717) is 16.1 Å². The van der Waals surface area contributed by atoms with Gasteiger partial charge in [0.05, 0.1) is 6.54 Å². The normalized spacial score (nSPS) is 12.7. The van der Waals surface area contributed by atoms with Crippen LogP contribution in [0.4, 0.5) is 4.39 Å². The molecule has 27 heavy (non-hydrogen) atoms. The number of halogens is 2. The summed E-state index contributed by atoms with van der Waals surface area (Å²) in [6, 6.07) is 6.71. The fraction of sp³-hybridized carbons (Fsp3) is 0.167. The van der Waals surface area contributed by atoms with Crippen LogP contribution in [0.1, 0.15) is 5.69 Å². The number of hydrogen-bond donors (Lipinski definition) is 2. The summed E-state index contributed by atoms with van der Waals surface area (Å²) in [5, 5.41) is 6.49. The molecule has 9 heteroatoms. The lowest BCUT2D eigenvalue weighted by atomic mass is 10.0. The summed E-state index contributed by atoms with van der Waals surface area (Å²) in [5.41, 5.74) is 8.15. The molecule has 0 radical (unpaired) electrons. The average molecular weight is 409 g/mol. The van der Waals surface area contributed by atoms with E-state index >= 15 is 0 Å². The molecule has 4 N–H and O–H groups in total. The highest BCUT2D eigenvalue weighted by molar-refractivity contribution is 7.89. The summed E-state index contributed by atoms with van der Waals surface area (Å²) in [6.07, 6.45) is 4.03. The van der Waals surface area contributed by atoms with Crippen LogP contribution in [0.3, 0.4) is 0 Å². The first-order valence-electron chi connectivity index (χ1n) is 8.03. The van der Waals surface area contributed by atoms with Crippen molar-refractivity contribution in [3.8, 4) is 11.1 Å². The van der Waals surface area contributed by atoms with E-state index in [0.717, 1.165) is 16.6 Å². The zero-order valence-corrected chi connectivity index (χ0v) is 16.1. The van der Waals surface area contributed by atoms with Gasteiger partial charge in [0.1, 0.15) is 10.7 Å². The number of nitrogens with two attached hydrogens (primary N) is 2. The summed E-state index contributed by atoms with van der Waals surface area (Å²) in [7, 11) is -3.91. The smallest absolute Gasteiger partial charge is 0.239 e. The van der Waals surface area contributed by atoms with Crippen LogP contribution in [0.2, 0.25) is 5.02 Å². The van der Waals surface area contributed by atoms with Crippen LogP contribution in [-0.2, 0) is 16.6 Å². The molecule has 0 amide bonds. The number of hydrogen-bond acceptors (Lipinski definition) is 4. The van der Waals surface area contributed by atoms with E-state index < -0.39 is 10.0 Å². The van der Waals surface area contributed by atoms with E-state index in [1.54, 1.807) is 22.8 Å². The van der Waals surface area contributed by atoms with Gasteiger partial charge >= 0.3 is 0 Å². The van der Waals surface area contributed by atoms with Gasteiger partial charge in [-0.05, 0) is 37.3 Å². The molecular formula is C18H18ClFN4O2S. The summed E-state index contributed by atoms with van der Waals surface area (Å²) < 4.78 is 39.3. The zero-order valence-electron chi connectivity index (χ0n) is 14.5.